The molecule has 2 heterocycles. The predicted molar refractivity (Wildman–Crippen MR) is 122 cm³/mol. The van der Waals surface area contributed by atoms with Crippen LogP contribution in [0.1, 0.15) is 47.0 Å². The zero-order valence-electron chi connectivity index (χ0n) is 17.6. The number of likely N-dealkylation sites (tertiary alicyclic amines) is 1. The van der Waals surface area contributed by atoms with Gasteiger partial charge in [-0.2, -0.15) is 0 Å². The number of amides is 3. The Bertz CT molecular complexity index is 980. The Hall–Kier alpha value is -2.71. The Balaban J connectivity index is 1.33. The first kappa shape index (κ1) is 21.5. The molecule has 1 fully saturated rings. The number of nitrogens with two attached hydrogens (primary N) is 1. The summed E-state index contributed by atoms with van der Waals surface area (Å²) in [5.41, 5.74) is 7.88. The molecule has 4 N–H and O–H groups in total. The zero-order valence-corrected chi connectivity index (χ0v) is 18.5. The molecule has 0 saturated carbocycles. The molecular weight excluding hydrogens is 412 g/mol. The smallest absolute Gasteiger partial charge is 0.251 e. The summed E-state index contributed by atoms with van der Waals surface area (Å²) in [7, 11) is 0. The fourth-order valence-corrected chi connectivity index (χ4v) is 5.75. The average molecular weight is 441 g/mol. The molecule has 0 spiro atoms. The van der Waals surface area contributed by atoms with E-state index < -0.39 is 5.91 Å². The van der Waals surface area contributed by atoms with E-state index in [0.29, 0.717) is 36.5 Å². The number of hydrogen-bond acceptors (Lipinski definition) is 5. The van der Waals surface area contributed by atoms with Crippen molar-refractivity contribution < 1.29 is 14.4 Å². The minimum Gasteiger partial charge on any atom is -0.365 e. The highest BCUT2D eigenvalue weighted by Crippen LogP contribution is 2.39. The number of anilines is 2. The van der Waals surface area contributed by atoms with E-state index in [2.05, 4.69) is 15.5 Å². The fourth-order valence-electron chi connectivity index (χ4n) is 4.45. The van der Waals surface area contributed by atoms with Gasteiger partial charge < -0.3 is 16.4 Å². The van der Waals surface area contributed by atoms with Gasteiger partial charge in [0, 0.05) is 16.5 Å². The van der Waals surface area contributed by atoms with Crippen LogP contribution in [0.5, 0.6) is 0 Å². The van der Waals surface area contributed by atoms with E-state index in [9.17, 15) is 14.4 Å². The zero-order chi connectivity index (χ0) is 22.0. The lowest BCUT2D eigenvalue weighted by Crippen LogP contribution is -2.47. The first-order valence-electron chi connectivity index (χ1n) is 10.8. The molecule has 1 saturated heterocycles. The molecule has 31 heavy (non-hydrogen) atoms. The molecule has 2 aliphatic rings. The second kappa shape index (κ2) is 9.20. The average Bonchev–Trinajstić information content (AvgIpc) is 3.34. The molecular formula is C23H28N4O3S. The quantitative estimate of drug-likeness (QED) is 0.642. The van der Waals surface area contributed by atoms with E-state index in [0.717, 1.165) is 35.4 Å². The van der Waals surface area contributed by atoms with E-state index in [-0.39, 0.29) is 23.8 Å². The molecule has 8 heteroatoms. The van der Waals surface area contributed by atoms with Crippen molar-refractivity contribution in [3.05, 3.63) is 46.3 Å². The van der Waals surface area contributed by atoms with Crippen LogP contribution < -0.4 is 16.4 Å². The van der Waals surface area contributed by atoms with Crippen molar-refractivity contribution in [2.75, 3.05) is 23.7 Å². The van der Waals surface area contributed by atoms with Gasteiger partial charge in [-0.15, -0.1) is 11.3 Å². The molecule has 4 rings (SSSR count). The van der Waals surface area contributed by atoms with Gasteiger partial charge in [-0.3, -0.25) is 19.3 Å². The second-order valence-electron chi connectivity index (χ2n) is 8.26. The first-order valence-corrected chi connectivity index (χ1v) is 11.6. The van der Waals surface area contributed by atoms with Gasteiger partial charge in [-0.25, -0.2) is 0 Å². The minimum atomic E-state index is -0.479. The predicted octanol–water partition coefficient (Wildman–Crippen LogP) is 3.01. The number of nitrogens with one attached hydrogen (secondary N) is 2. The molecule has 1 atom stereocenters. The topological polar surface area (TPSA) is 105 Å². The summed E-state index contributed by atoms with van der Waals surface area (Å²) in [6.45, 7) is 3.21. The molecule has 164 valence electrons. The number of fused-ring (bicyclic) bond motifs is 1. The van der Waals surface area contributed by atoms with Crippen LogP contribution in [0.25, 0.3) is 0 Å². The highest BCUT2D eigenvalue weighted by Gasteiger charge is 2.31. The largest absolute Gasteiger partial charge is 0.365 e. The third kappa shape index (κ3) is 4.65. The number of rotatable bonds is 6. The van der Waals surface area contributed by atoms with E-state index in [4.69, 9.17) is 5.73 Å². The van der Waals surface area contributed by atoms with Crippen LogP contribution in [0, 0.1) is 5.92 Å². The second-order valence-corrected chi connectivity index (χ2v) is 9.36. The molecule has 0 radical (unpaired) electrons. The molecule has 1 aliphatic carbocycles. The number of benzene rings is 1. The third-order valence-corrected chi connectivity index (χ3v) is 7.48. The molecule has 7 nitrogen and oxygen atoms in total. The maximum Gasteiger partial charge on any atom is 0.251 e. The number of carbonyl (C=O) groups excluding carboxylic acids is 3. The summed E-state index contributed by atoms with van der Waals surface area (Å²) >= 11 is 1.47. The SMILES string of the molecule is C[C@@H](C(=O)Nc1sc2c(c1C(N)=O)CCC2)N1CCC(C(=O)Nc2ccccc2)CC1. The molecule has 0 unspecified atom stereocenters. The van der Waals surface area contributed by atoms with Crippen molar-refractivity contribution in [1.29, 1.82) is 0 Å². The molecule has 1 aromatic carbocycles. The van der Waals surface area contributed by atoms with Gasteiger partial charge in [0.25, 0.3) is 5.91 Å². The minimum absolute atomic E-state index is 0.0298. The Morgan fingerprint density at radius 1 is 1.10 bits per heavy atom. The summed E-state index contributed by atoms with van der Waals surface area (Å²) in [6, 6.07) is 9.10. The number of aryl methyl sites for hydroxylation is 1. The van der Waals surface area contributed by atoms with Crippen LogP contribution in [-0.4, -0.2) is 41.8 Å². The van der Waals surface area contributed by atoms with Gasteiger partial charge in [0.2, 0.25) is 11.8 Å². The van der Waals surface area contributed by atoms with Crippen LogP contribution >= 0.6 is 11.3 Å². The number of carbonyl (C=O) groups is 3. The van der Waals surface area contributed by atoms with E-state index in [1.807, 2.05) is 37.3 Å². The Kier molecular flexibility index (Phi) is 6.38. The number of primary amides is 1. The number of thiophene rings is 1. The van der Waals surface area contributed by atoms with Crippen LogP contribution in [0.2, 0.25) is 0 Å². The van der Waals surface area contributed by atoms with Gasteiger partial charge in [0.05, 0.1) is 11.6 Å². The standard InChI is InChI=1S/C23H28N4O3S/c1-14(21(29)26-23-19(20(24)28)17-8-5-9-18(17)31-23)27-12-10-15(11-13-27)22(30)25-16-6-3-2-4-7-16/h2-4,6-7,14-15H,5,8-13H2,1H3,(H2,24,28)(H,25,30)(H,26,29)/t14-/m0/s1. The fraction of sp³-hybridized carbons (Fsp3) is 0.435. The monoisotopic (exact) mass is 440 g/mol. The summed E-state index contributed by atoms with van der Waals surface area (Å²) < 4.78 is 0. The van der Waals surface area contributed by atoms with Crippen LogP contribution in [0.3, 0.4) is 0 Å². The van der Waals surface area contributed by atoms with Crippen molar-refractivity contribution >= 4 is 39.7 Å². The summed E-state index contributed by atoms with van der Waals surface area (Å²) in [6.07, 6.45) is 4.21. The molecule has 3 amide bonds. The maximum absolute atomic E-state index is 12.9. The van der Waals surface area contributed by atoms with Gasteiger partial charge in [0.1, 0.15) is 5.00 Å². The lowest BCUT2D eigenvalue weighted by molar-refractivity contribution is -0.123. The Morgan fingerprint density at radius 3 is 2.48 bits per heavy atom. The van der Waals surface area contributed by atoms with Crippen LogP contribution in [-0.2, 0) is 22.4 Å². The lowest BCUT2D eigenvalue weighted by atomic mass is 9.94. The van der Waals surface area contributed by atoms with Crippen LogP contribution in [0.4, 0.5) is 10.7 Å². The lowest BCUT2D eigenvalue weighted by Gasteiger charge is -2.34. The third-order valence-electron chi connectivity index (χ3n) is 6.27. The molecule has 0 bridgehead atoms. The van der Waals surface area contributed by atoms with Crippen molar-refractivity contribution in [3.63, 3.8) is 0 Å². The van der Waals surface area contributed by atoms with Crippen molar-refractivity contribution in [1.82, 2.24) is 4.90 Å². The number of piperidine rings is 1. The normalized spacial score (nSPS) is 17.7. The summed E-state index contributed by atoms with van der Waals surface area (Å²) in [5.74, 6) is -0.655. The highest BCUT2D eigenvalue weighted by atomic mass is 32.1. The van der Waals surface area contributed by atoms with E-state index in [1.165, 1.54) is 11.3 Å². The molecule has 1 aromatic heterocycles. The Labute approximate surface area is 186 Å². The van der Waals surface area contributed by atoms with Gasteiger partial charge in [0.15, 0.2) is 0 Å². The maximum atomic E-state index is 12.9. The van der Waals surface area contributed by atoms with Crippen LogP contribution in [0.15, 0.2) is 30.3 Å². The molecule has 2 aromatic rings. The van der Waals surface area contributed by atoms with Gasteiger partial charge >= 0.3 is 0 Å². The number of nitrogens with zero attached hydrogens (tertiary/aromatic N) is 1. The Morgan fingerprint density at radius 2 is 1.81 bits per heavy atom. The first-order chi connectivity index (χ1) is 14.9. The number of para-hydroxylation sites is 1. The highest BCUT2D eigenvalue weighted by molar-refractivity contribution is 7.17. The van der Waals surface area contributed by atoms with Crippen molar-refractivity contribution in [2.45, 2.75) is 45.1 Å². The van der Waals surface area contributed by atoms with Gasteiger partial charge in [-0.05, 0) is 69.8 Å². The van der Waals surface area contributed by atoms with Gasteiger partial charge in [-0.1, -0.05) is 18.2 Å². The summed E-state index contributed by atoms with van der Waals surface area (Å²) in [4.78, 5) is 40.6. The van der Waals surface area contributed by atoms with Crippen molar-refractivity contribution in [3.8, 4) is 0 Å². The van der Waals surface area contributed by atoms with E-state index >= 15 is 0 Å². The summed E-state index contributed by atoms with van der Waals surface area (Å²) in [5, 5.41) is 6.49. The number of hydrogen-bond donors (Lipinski definition) is 3. The van der Waals surface area contributed by atoms with E-state index in [1.54, 1.807) is 0 Å². The molecule has 1 aliphatic heterocycles. The van der Waals surface area contributed by atoms with Crippen molar-refractivity contribution in [2.24, 2.45) is 11.7 Å².